The third-order valence-electron chi connectivity index (χ3n) is 4.17. The number of thioether (sulfide) groups is 1. The molecule has 118 valence electrons. The first-order chi connectivity index (χ1) is 9.99. The van der Waals surface area contributed by atoms with Gasteiger partial charge in [0.25, 0.3) is 5.91 Å². The smallest absolute Gasteiger partial charge is 0.265 e. The summed E-state index contributed by atoms with van der Waals surface area (Å²) in [6.45, 7) is 4.41. The van der Waals surface area contributed by atoms with Gasteiger partial charge in [0.15, 0.2) is 0 Å². The van der Waals surface area contributed by atoms with Crippen molar-refractivity contribution >= 4 is 39.7 Å². The molecular weight excluding hydrogens is 302 g/mol. The van der Waals surface area contributed by atoms with Crippen LogP contribution in [0.3, 0.4) is 0 Å². The van der Waals surface area contributed by atoms with Crippen molar-refractivity contribution in [3.8, 4) is 0 Å². The Kier molecular flexibility index (Phi) is 5.43. The molecule has 21 heavy (non-hydrogen) atoms. The van der Waals surface area contributed by atoms with Crippen molar-refractivity contribution in [2.75, 3.05) is 44.1 Å². The van der Waals surface area contributed by atoms with Crippen LogP contribution in [0, 0.1) is 5.92 Å². The van der Waals surface area contributed by atoms with Gasteiger partial charge in [-0.25, -0.2) is 0 Å². The van der Waals surface area contributed by atoms with Crippen molar-refractivity contribution in [3.63, 3.8) is 0 Å². The summed E-state index contributed by atoms with van der Waals surface area (Å²) in [5.41, 5.74) is 6.88. The second-order valence-corrected chi connectivity index (χ2v) is 7.54. The van der Waals surface area contributed by atoms with Crippen molar-refractivity contribution in [2.45, 2.75) is 31.1 Å². The van der Waals surface area contributed by atoms with Crippen LogP contribution in [0.2, 0.25) is 0 Å². The van der Waals surface area contributed by atoms with Crippen LogP contribution < -0.4 is 10.6 Å². The fourth-order valence-corrected chi connectivity index (χ4v) is 4.98. The number of piperidine rings is 1. The van der Waals surface area contributed by atoms with Gasteiger partial charge in [0, 0.05) is 27.2 Å². The van der Waals surface area contributed by atoms with Gasteiger partial charge in [-0.15, -0.1) is 23.1 Å². The Balaban J connectivity index is 2.27. The predicted molar refractivity (Wildman–Crippen MR) is 93.8 cm³/mol. The summed E-state index contributed by atoms with van der Waals surface area (Å²) >= 11 is 3.20. The van der Waals surface area contributed by atoms with Crippen LogP contribution in [0.1, 0.15) is 35.9 Å². The molecule has 0 bridgehead atoms. The third-order valence-corrected chi connectivity index (χ3v) is 6.37. The number of thiophene rings is 1. The van der Waals surface area contributed by atoms with Crippen LogP contribution in [0.15, 0.2) is 4.90 Å². The molecule has 2 heterocycles. The molecule has 6 heteroatoms. The maximum absolute atomic E-state index is 12.3. The maximum atomic E-state index is 12.3. The Morgan fingerprint density at radius 3 is 2.52 bits per heavy atom. The molecule has 1 aliphatic heterocycles. The van der Waals surface area contributed by atoms with E-state index in [1.54, 1.807) is 42.1 Å². The summed E-state index contributed by atoms with van der Waals surface area (Å²) in [5.74, 6) is 0.849. The largest absolute Gasteiger partial charge is 0.396 e. The molecule has 1 aliphatic rings. The van der Waals surface area contributed by atoms with Crippen LogP contribution in [0.4, 0.5) is 10.7 Å². The van der Waals surface area contributed by atoms with Gasteiger partial charge in [-0.2, -0.15) is 0 Å². The number of amides is 1. The monoisotopic (exact) mass is 327 g/mol. The van der Waals surface area contributed by atoms with Crippen LogP contribution in [-0.4, -0.2) is 44.2 Å². The molecule has 1 fully saturated rings. The fourth-order valence-electron chi connectivity index (χ4n) is 2.73. The van der Waals surface area contributed by atoms with Gasteiger partial charge in [0.2, 0.25) is 0 Å². The molecule has 1 saturated heterocycles. The second kappa shape index (κ2) is 6.92. The van der Waals surface area contributed by atoms with E-state index in [-0.39, 0.29) is 5.91 Å². The lowest BCUT2D eigenvalue weighted by Crippen LogP contribution is -2.33. The molecular formula is C15H25N3OS2. The third kappa shape index (κ3) is 3.31. The van der Waals surface area contributed by atoms with Crippen LogP contribution in [0.5, 0.6) is 0 Å². The molecule has 0 atom stereocenters. The first-order valence-corrected chi connectivity index (χ1v) is 9.46. The zero-order valence-corrected chi connectivity index (χ0v) is 14.9. The second-order valence-electron chi connectivity index (χ2n) is 5.72. The average molecular weight is 328 g/mol. The Morgan fingerprint density at radius 1 is 1.43 bits per heavy atom. The summed E-state index contributed by atoms with van der Waals surface area (Å²) in [5, 5.41) is 1.18. The molecule has 0 radical (unpaired) electrons. The summed E-state index contributed by atoms with van der Waals surface area (Å²) in [6.07, 6.45) is 5.77. The number of anilines is 2. The number of nitrogen functional groups attached to an aromatic ring is 1. The number of nitrogens with two attached hydrogens (primary N) is 1. The van der Waals surface area contributed by atoms with Crippen LogP contribution in [0.25, 0.3) is 0 Å². The molecule has 0 aromatic carbocycles. The zero-order valence-electron chi connectivity index (χ0n) is 13.3. The molecule has 0 aliphatic carbocycles. The van der Waals surface area contributed by atoms with Gasteiger partial charge in [0.1, 0.15) is 9.88 Å². The maximum Gasteiger partial charge on any atom is 0.265 e. The minimum atomic E-state index is 0.00231. The van der Waals surface area contributed by atoms with Gasteiger partial charge < -0.3 is 15.5 Å². The number of carbonyl (C=O) groups is 1. The lowest BCUT2D eigenvalue weighted by atomic mass is 9.95. The van der Waals surface area contributed by atoms with Gasteiger partial charge in [-0.05, 0) is 25.0 Å². The molecule has 2 N–H and O–H groups in total. The van der Waals surface area contributed by atoms with Gasteiger partial charge in [0.05, 0.1) is 10.6 Å². The van der Waals surface area contributed by atoms with Gasteiger partial charge >= 0.3 is 0 Å². The Morgan fingerprint density at radius 2 is 2.05 bits per heavy atom. The highest BCUT2D eigenvalue weighted by Crippen LogP contribution is 2.45. The molecule has 1 aromatic heterocycles. The lowest BCUT2D eigenvalue weighted by molar-refractivity contribution is 0.0833. The molecule has 0 unspecified atom stereocenters. The van der Waals surface area contributed by atoms with Crippen LogP contribution >= 0.6 is 23.1 Å². The number of hydrogen-bond donors (Lipinski definition) is 1. The summed E-state index contributed by atoms with van der Waals surface area (Å²) < 4.78 is 0. The number of nitrogens with zero attached hydrogens (tertiary/aromatic N) is 2. The minimum Gasteiger partial charge on any atom is -0.396 e. The fraction of sp³-hybridized carbons (Fsp3) is 0.667. The van der Waals surface area contributed by atoms with Crippen molar-refractivity contribution in [3.05, 3.63) is 4.88 Å². The van der Waals surface area contributed by atoms with E-state index in [1.165, 1.54) is 24.3 Å². The Labute approximate surface area is 135 Å². The standard InChI is InChI=1S/C15H25N3OS2/c1-5-10-6-8-18(9-7-10)15-13(20-4)11(16)12(21-15)14(19)17(2)3/h10H,5-9,16H2,1-4H3. The summed E-state index contributed by atoms with van der Waals surface area (Å²) in [4.78, 5) is 18.0. The highest BCUT2D eigenvalue weighted by atomic mass is 32.2. The van der Waals surface area contributed by atoms with Crippen molar-refractivity contribution in [1.82, 2.24) is 4.90 Å². The normalized spacial score (nSPS) is 16.3. The first kappa shape index (κ1) is 16.5. The van der Waals surface area contributed by atoms with E-state index >= 15 is 0 Å². The van der Waals surface area contributed by atoms with E-state index in [1.807, 2.05) is 6.26 Å². The van der Waals surface area contributed by atoms with E-state index < -0.39 is 0 Å². The minimum absolute atomic E-state index is 0.00231. The van der Waals surface area contributed by atoms with Crippen molar-refractivity contribution in [1.29, 1.82) is 0 Å². The molecule has 1 amide bonds. The van der Waals surface area contributed by atoms with E-state index in [2.05, 4.69) is 11.8 Å². The number of carbonyl (C=O) groups excluding carboxylic acids is 1. The molecule has 2 rings (SSSR count). The van der Waals surface area contributed by atoms with E-state index in [4.69, 9.17) is 5.73 Å². The summed E-state index contributed by atoms with van der Waals surface area (Å²) in [6, 6.07) is 0. The number of hydrogen-bond acceptors (Lipinski definition) is 5. The van der Waals surface area contributed by atoms with Gasteiger partial charge in [-0.3, -0.25) is 4.79 Å². The van der Waals surface area contributed by atoms with Crippen molar-refractivity contribution in [2.24, 2.45) is 5.92 Å². The molecule has 4 nitrogen and oxygen atoms in total. The van der Waals surface area contributed by atoms with E-state index in [0.717, 1.165) is 23.9 Å². The number of rotatable bonds is 4. The van der Waals surface area contributed by atoms with E-state index in [0.29, 0.717) is 10.6 Å². The SMILES string of the molecule is CCC1CCN(c2sc(C(=O)N(C)C)c(N)c2SC)CC1. The quantitative estimate of drug-likeness (QED) is 0.861. The molecule has 0 spiro atoms. The first-order valence-electron chi connectivity index (χ1n) is 7.42. The summed E-state index contributed by atoms with van der Waals surface area (Å²) in [7, 11) is 3.54. The Hall–Kier alpha value is -0.880. The zero-order chi connectivity index (χ0) is 15.6. The topological polar surface area (TPSA) is 49.6 Å². The molecule has 0 saturated carbocycles. The van der Waals surface area contributed by atoms with Gasteiger partial charge in [-0.1, -0.05) is 13.3 Å². The Bertz CT molecular complexity index is 505. The average Bonchev–Trinajstić information content (AvgIpc) is 2.83. The molecule has 1 aromatic rings. The van der Waals surface area contributed by atoms with Crippen LogP contribution in [-0.2, 0) is 0 Å². The lowest BCUT2D eigenvalue weighted by Gasteiger charge is -2.32. The highest BCUT2D eigenvalue weighted by Gasteiger charge is 2.27. The van der Waals surface area contributed by atoms with E-state index in [9.17, 15) is 4.79 Å². The highest BCUT2D eigenvalue weighted by molar-refractivity contribution is 7.99. The predicted octanol–water partition coefficient (Wildman–Crippen LogP) is 3.38. The van der Waals surface area contributed by atoms with Crippen molar-refractivity contribution < 1.29 is 4.79 Å².